The third-order valence-corrected chi connectivity index (χ3v) is 3.77. The summed E-state index contributed by atoms with van der Waals surface area (Å²) in [5.41, 5.74) is -0.0904. The second-order valence-electron chi connectivity index (χ2n) is 5.29. The molecule has 21 heavy (non-hydrogen) atoms. The van der Waals surface area contributed by atoms with Crippen molar-refractivity contribution in [1.82, 2.24) is 29.6 Å². The summed E-state index contributed by atoms with van der Waals surface area (Å²) in [7, 11) is 0. The third-order valence-electron chi connectivity index (χ3n) is 2.88. The number of fused-ring (bicyclic) bond motifs is 1. The van der Waals surface area contributed by atoms with Gasteiger partial charge in [-0.1, -0.05) is 16.6 Å². The number of nitrogens with zero attached hydrogens (tertiary/aromatic N) is 6. The Balaban J connectivity index is 1.93. The molecule has 1 N–H and O–H groups in total. The Hall–Kier alpha value is -2.13. The predicted molar refractivity (Wildman–Crippen MR) is 76.2 cm³/mol. The lowest BCUT2D eigenvalue weighted by Gasteiger charge is -2.11. The number of rotatable bonds is 3. The van der Waals surface area contributed by atoms with Crippen molar-refractivity contribution in [2.45, 2.75) is 32.9 Å². The second-order valence-corrected chi connectivity index (χ2v) is 6.33. The van der Waals surface area contributed by atoms with E-state index in [2.05, 4.69) is 20.4 Å². The zero-order valence-corrected chi connectivity index (χ0v) is 12.6. The molecule has 8 nitrogen and oxygen atoms in total. The van der Waals surface area contributed by atoms with Gasteiger partial charge in [0.05, 0.1) is 12.7 Å². The van der Waals surface area contributed by atoms with Crippen molar-refractivity contribution in [3.8, 4) is 0 Å². The van der Waals surface area contributed by atoms with Crippen molar-refractivity contribution >= 4 is 16.3 Å². The first-order valence-corrected chi connectivity index (χ1v) is 7.14. The van der Waals surface area contributed by atoms with Crippen LogP contribution in [0.2, 0.25) is 0 Å². The van der Waals surface area contributed by atoms with Crippen LogP contribution < -0.4 is 5.56 Å². The Morgan fingerprint density at radius 1 is 1.43 bits per heavy atom. The lowest BCUT2D eigenvalue weighted by Crippen LogP contribution is -2.16. The monoisotopic (exact) mass is 306 g/mol. The predicted octanol–water partition coefficient (Wildman–Crippen LogP) is 0.327. The van der Waals surface area contributed by atoms with Gasteiger partial charge in [0.25, 0.3) is 5.56 Å². The van der Waals surface area contributed by atoms with Gasteiger partial charge in [-0.15, -0.1) is 5.10 Å². The zero-order valence-electron chi connectivity index (χ0n) is 11.8. The van der Waals surface area contributed by atoms with Gasteiger partial charge in [-0.25, -0.2) is 9.67 Å². The molecule has 0 saturated carbocycles. The Morgan fingerprint density at radius 2 is 2.19 bits per heavy atom. The van der Waals surface area contributed by atoms with Gasteiger partial charge in [-0.3, -0.25) is 4.79 Å². The molecule has 0 aromatic carbocycles. The molecule has 0 bridgehead atoms. The molecule has 110 valence electrons. The van der Waals surface area contributed by atoms with E-state index in [4.69, 9.17) is 0 Å². The molecule has 3 aromatic heterocycles. The molecule has 0 aliphatic heterocycles. The molecule has 0 unspecified atom stereocenters. The maximum atomic E-state index is 11.8. The number of aromatic nitrogens is 6. The number of aryl methyl sites for hydroxylation is 1. The Morgan fingerprint density at radius 3 is 2.86 bits per heavy atom. The van der Waals surface area contributed by atoms with Gasteiger partial charge in [-0.2, -0.15) is 9.61 Å². The van der Waals surface area contributed by atoms with Gasteiger partial charge in [0.15, 0.2) is 0 Å². The first-order valence-electron chi connectivity index (χ1n) is 6.32. The molecule has 0 fully saturated rings. The molecule has 0 spiro atoms. The standard InChI is InChI=1S/C12H14N6O2S/c1-7-4-10(19)18-11(13-7)21-9(15-18)6-17-5-8(14-16-17)12(2,3)20/h4-5,20H,6H2,1-3H3. The molecule has 0 atom stereocenters. The summed E-state index contributed by atoms with van der Waals surface area (Å²) >= 11 is 1.33. The van der Waals surface area contributed by atoms with E-state index in [1.165, 1.54) is 21.9 Å². The van der Waals surface area contributed by atoms with E-state index in [0.29, 0.717) is 27.9 Å². The first-order chi connectivity index (χ1) is 9.83. The quantitative estimate of drug-likeness (QED) is 0.748. The van der Waals surface area contributed by atoms with Crippen molar-refractivity contribution in [3.63, 3.8) is 0 Å². The van der Waals surface area contributed by atoms with E-state index in [0.717, 1.165) is 0 Å². The molecule has 0 saturated heterocycles. The van der Waals surface area contributed by atoms with Crippen molar-refractivity contribution < 1.29 is 5.11 Å². The molecule has 3 heterocycles. The highest BCUT2D eigenvalue weighted by molar-refractivity contribution is 7.16. The van der Waals surface area contributed by atoms with Gasteiger partial charge in [0, 0.05) is 11.8 Å². The van der Waals surface area contributed by atoms with Crippen LogP contribution in [0.5, 0.6) is 0 Å². The molecule has 3 aromatic rings. The van der Waals surface area contributed by atoms with Crippen LogP contribution in [0, 0.1) is 6.92 Å². The van der Waals surface area contributed by atoms with Crippen molar-refractivity contribution in [3.05, 3.63) is 39.0 Å². The minimum Gasteiger partial charge on any atom is -0.384 e. The summed E-state index contributed by atoms with van der Waals surface area (Å²) in [6, 6.07) is 1.44. The highest BCUT2D eigenvalue weighted by Crippen LogP contribution is 2.17. The van der Waals surface area contributed by atoms with E-state index in [-0.39, 0.29) is 5.56 Å². The van der Waals surface area contributed by atoms with E-state index in [1.54, 1.807) is 31.6 Å². The van der Waals surface area contributed by atoms with E-state index in [9.17, 15) is 9.90 Å². The minimum atomic E-state index is -1.04. The van der Waals surface area contributed by atoms with Gasteiger partial charge in [0.2, 0.25) is 4.96 Å². The van der Waals surface area contributed by atoms with E-state index < -0.39 is 5.60 Å². The lowest BCUT2D eigenvalue weighted by molar-refractivity contribution is 0.0737. The SMILES string of the molecule is Cc1cc(=O)n2nc(Cn3cc(C(C)(C)O)nn3)sc2n1. The molecule has 9 heteroatoms. The van der Waals surface area contributed by atoms with Crippen LogP contribution in [0.3, 0.4) is 0 Å². The summed E-state index contributed by atoms with van der Waals surface area (Å²) in [6.45, 7) is 5.43. The molecule has 0 aliphatic rings. The van der Waals surface area contributed by atoms with Crippen LogP contribution in [0.1, 0.15) is 30.2 Å². The molecular weight excluding hydrogens is 292 g/mol. The highest BCUT2D eigenvalue weighted by atomic mass is 32.1. The summed E-state index contributed by atoms with van der Waals surface area (Å²) < 4.78 is 2.85. The van der Waals surface area contributed by atoms with Crippen LogP contribution in [-0.4, -0.2) is 34.7 Å². The summed E-state index contributed by atoms with van der Waals surface area (Å²) in [5.74, 6) is 0. The first kappa shape index (κ1) is 13.8. The maximum absolute atomic E-state index is 11.8. The Labute approximate surface area is 123 Å². The molecular formula is C12H14N6O2S. The largest absolute Gasteiger partial charge is 0.384 e. The summed E-state index contributed by atoms with van der Waals surface area (Å²) in [6.07, 6.45) is 1.66. The van der Waals surface area contributed by atoms with E-state index >= 15 is 0 Å². The smallest absolute Gasteiger partial charge is 0.275 e. The lowest BCUT2D eigenvalue weighted by atomic mass is 10.1. The highest BCUT2D eigenvalue weighted by Gasteiger charge is 2.20. The molecule has 0 aliphatic carbocycles. The average molecular weight is 306 g/mol. The van der Waals surface area contributed by atoms with Crippen molar-refractivity contribution in [1.29, 1.82) is 0 Å². The second kappa shape index (κ2) is 4.71. The van der Waals surface area contributed by atoms with Gasteiger partial charge in [-0.05, 0) is 20.8 Å². The number of hydrogen-bond donors (Lipinski definition) is 1. The zero-order chi connectivity index (χ0) is 15.2. The topological polar surface area (TPSA) is 98.2 Å². The minimum absolute atomic E-state index is 0.198. The van der Waals surface area contributed by atoms with E-state index in [1.807, 2.05) is 0 Å². The average Bonchev–Trinajstić information content (AvgIpc) is 2.95. The molecule has 0 amide bonds. The summed E-state index contributed by atoms with van der Waals surface area (Å²) in [4.78, 5) is 16.6. The fourth-order valence-electron chi connectivity index (χ4n) is 1.82. The normalized spacial score (nSPS) is 12.2. The fourth-order valence-corrected chi connectivity index (χ4v) is 2.76. The van der Waals surface area contributed by atoms with Crippen LogP contribution in [-0.2, 0) is 12.1 Å². The Kier molecular flexibility index (Phi) is 3.10. The van der Waals surface area contributed by atoms with Crippen LogP contribution in [0.15, 0.2) is 17.1 Å². The van der Waals surface area contributed by atoms with Gasteiger partial charge in [0.1, 0.15) is 16.3 Å². The van der Waals surface area contributed by atoms with Crippen LogP contribution in [0.4, 0.5) is 0 Å². The Bertz CT molecular complexity index is 857. The summed E-state index contributed by atoms with van der Waals surface area (Å²) in [5, 5.41) is 22.7. The van der Waals surface area contributed by atoms with Crippen LogP contribution >= 0.6 is 11.3 Å². The van der Waals surface area contributed by atoms with Crippen molar-refractivity contribution in [2.24, 2.45) is 0 Å². The number of hydrogen-bond acceptors (Lipinski definition) is 7. The fraction of sp³-hybridized carbons (Fsp3) is 0.417. The van der Waals surface area contributed by atoms with Crippen LogP contribution in [0.25, 0.3) is 4.96 Å². The number of aliphatic hydroxyl groups is 1. The maximum Gasteiger partial charge on any atom is 0.275 e. The van der Waals surface area contributed by atoms with Gasteiger partial charge >= 0.3 is 0 Å². The molecule has 0 radical (unpaired) electrons. The molecule has 3 rings (SSSR count). The third kappa shape index (κ3) is 2.69. The van der Waals surface area contributed by atoms with Gasteiger partial charge < -0.3 is 5.11 Å². The van der Waals surface area contributed by atoms with Crippen molar-refractivity contribution in [2.75, 3.05) is 0 Å².